The van der Waals surface area contributed by atoms with Crippen LogP contribution in [0.15, 0.2) is 42.9 Å². The third-order valence-electron chi connectivity index (χ3n) is 9.06. The number of hydrogen-bond acceptors (Lipinski definition) is 8. The Morgan fingerprint density at radius 3 is 2.48 bits per heavy atom. The van der Waals surface area contributed by atoms with E-state index in [1.165, 1.54) is 18.4 Å². The lowest BCUT2D eigenvalue weighted by atomic mass is 9.97. The monoisotopic (exact) mass is 571 g/mol. The number of primary amides is 1. The molecule has 0 radical (unpaired) electrons. The van der Waals surface area contributed by atoms with E-state index in [0.29, 0.717) is 29.2 Å². The van der Waals surface area contributed by atoms with Crippen LogP contribution in [0.5, 0.6) is 0 Å². The largest absolute Gasteiger partial charge is 0.364 e. The smallest absolute Gasteiger partial charge is 0.271 e. The number of carbonyl (C=O) groups is 2. The van der Waals surface area contributed by atoms with Gasteiger partial charge in [-0.2, -0.15) is 5.10 Å². The van der Waals surface area contributed by atoms with Gasteiger partial charge in [0, 0.05) is 43.5 Å². The molecule has 222 valence electrons. The molecule has 0 unspecified atom stereocenters. The molecule has 3 fully saturated rings. The van der Waals surface area contributed by atoms with Crippen molar-refractivity contribution in [1.82, 2.24) is 30.0 Å². The lowest BCUT2D eigenvalue weighted by molar-refractivity contribution is 0.0923. The van der Waals surface area contributed by atoms with E-state index in [1.54, 1.807) is 12.4 Å². The van der Waals surface area contributed by atoms with E-state index in [4.69, 9.17) is 10.7 Å². The minimum atomic E-state index is -0.652. The van der Waals surface area contributed by atoms with Crippen molar-refractivity contribution in [2.45, 2.75) is 76.4 Å². The highest BCUT2D eigenvalue weighted by atomic mass is 16.2. The number of anilines is 3. The number of aromatic nitrogens is 4. The summed E-state index contributed by atoms with van der Waals surface area (Å²) in [6.45, 7) is 8.24. The maximum Gasteiger partial charge on any atom is 0.271 e. The first-order valence-corrected chi connectivity index (χ1v) is 15.3. The third-order valence-corrected chi connectivity index (χ3v) is 9.06. The molecule has 4 heterocycles. The third kappa shape index (κ3) is 6.11. The van der Waals surface area contributed by atoms with Crippen LogP contribution in [-0.2, 0) is 0 Å². The van der Waals surface area contributed by atoms with Gasteiger partial charge in [0.05, 0.1) is 24.1 Å². The molecule has 42 heavy (non-hydrogen) atoms. The Morgan fingerprint density at radius 1 is 1.02 bits per heavy atom. The van der Waals surface area contributed by atoms with Crippen LogP contribution in [0.2, 0.25) is 0 Å². The number of piperidine rings is 2. The highest BCUT2D eigenvalue weighted by Crippen LogP contribution is 2.40. The number of nitrogens with two attached hydrogens (primary N) is 1. The zero-order valence-electron chi connectivity index (χ0n) is 24.5. The second kappa shape index (κ2) is 12.1. The second-order valence-corrected chi connectivity index (χ2v) is 11.8. The molecular formula is C31H41N9O2. The molecule has 4 N–H and O–H groups in total. The average molecular weight is 572 g/mol. The Kier molecular flexibility index (Phi) is 8.10. The van der Waals surface area contributed by atoms with E-state index >= 15 is 0 Å². The number of likely N-dealkylation sites (tertiary alicyclic amines) is 1. The van der Waals surface area contributed by atoms with Crippen LogP contribution in [0.3, 0.4) is 0 Å². The molecule has 11 nitrogen and oxygen atoms in total. The van der Waals surface area contributed by atoms with E-state index in [-0.39, 0.29) is 23.7 Å². The van der Waals surface area contributed by atoms with Gasteiger partial charge in [0.1, 0.15) is 5.82 Å². The van der Waals surface area contributed by atoms with Gasteiger partial charge in [-0.1, -0.05) is 19.1 Å². The summed E-state index contributed by atoms with van der Waals surface area (Å²) >= 11 is 0. The summed E-state index contributed by atoms with van der Waals surface area (Å²) in [5.74, 6) is 0.874. The number of nitrogens with zero attached hydrogens (tertiary/aromatic N) is 6. The number of hydrogen-bond donors (Lipinski definition) is 3. The first kappa shape index (κ1) is 28.1. The lowest BCUT2D eigenvalue weighted by Gasteiger charge is -2.40. The quantitative estimate of drug-likeness (QED) is 0.353. The van der Waals surface area contributed by atoms with Crippen molar-refractivity contribution in [1.29, 1.82) is 0 Å². The Bertz CT molecular complexity index is 1410. The highest BCUT2D eigenvalue weighted by molar-refractivity contribution is 5.96. The Balaban J connectivity index is 1.15. The zero-order valence-corrected chi connectivity index (χ0v) is 24.5. The molecule has 1 saturated carbocycles. The molecule has 2 aromatic heterocycles. The van der Waals surface area contributed by atoms with Gasteiger partial charge < -0.3 is 26.2 Å². The van der Waals surface area contributed by atoms with E-state index < -0.39 is 5.91 Å². The summed E-state index contributed by atoms with van der Waals surface area (Å²) in [7, 11) is 0. The fourth-order valence-electron chi connectivity index (χ4n) is 6.26. The van der Waals surface area contributed by atoms with Crippen molar-refractivity contribution in [3.8, 4) is 0 Å². The van der Waals surface area contributed by atoms with Crippen molar-refractivity contribution in [2.75, 3.05) is 36.4 Å². The summed E-state index contributed by atoms with van der Waals surface area (Å²) in [6.07, 6.45) is 11.6. The molecule has 3 aliphatic rings. The minimum Gasteiger partial charge on any atom is -0.364 e. The topological polar surface area (TPSA) is 134 Å². The molecule has 2 saturated heterocycles. The molecule has 2 aliphatic heterocycles. The van der Waals surface area contributed by atoms with Crippen molar-refractivity contribution in [3.63, 3.8) is 0 Å². The van der Waals surface area contributed by atoms with Crippen LogP contribution in [0, 0.1) is 0 Å². The average Bonchev–Trinajstić information content (AvgIpc) is 3.76. The molecule has 1 aliphatic carbocycles. The molecular weight excluding hydrogens is 530 g/mol. The number of amides is 2. The highest BCUT2D eigenvalue weighted by Gasteiger charge is 2.31. The van der Waals surface area contributed by atoms with Crippen molar-refractivity contribution in [2.24, 2.45) is 5.73 Å². The van der Waals surface area contributed by atoms with E-state index in [1.807, 2.05) is 23.0 Å². The van der Waals surface area contributed by atoms with E-state index in [9.17, 15) is 9.59 Å². The number of nitrogens with one attached hydrogen (secondary N) is 2. The molecule has 6 rings (SSSR count). The fourth-order valence-corrected chi connectivity index (χ4v) is 6.26. The molecule has 0 spiro atoms. The van der Waals surface area contributed by atoms with Gasteiger partial charge in [-0.25, -0.2) is 9.97 Å². The minimum absolute atomic E-state index is 0.0215. The van der Waals surface area contributed by atoms with Gasteiger partial charge in [0.25, 0.3) is 11.8 Å². The molecule has 0 bridgehead atoms. The van der Waals surface area contributed by atoms with Crippen LogP contribution in [0.1, 0.15) is 90.7 Å². The Morgan fingerprint density at radius 2 is 1.79 bits per heavy atom. The maximum atomic E-state index is 13.1. The van der Waals surface area contributed by atoms with Crippen LogP contribution in [0.4, 0.5) is 17.3 Å². The summed E-state index contributed by atoms with van der Waals surface area (Å²) in [5.41, 5.74) is 8.46. The summed E-state index contributed by atoms with van der Waals surface area (Å²) in [5, 5.41) is 11.1. The summed E-state index contributed by atoms with van der Waals surface area (Å²) in [4.78, 5) is 39.1. The first-order valence-electron chi connectivity index (χ1n) is 15.3. The van der Waals surface area contributed by atoms with Crippen LogP contribution in [-0.4, -0.2) is 74.7 Å². The Labute approximate surface area is 246 Å². The SMILES string of the molecule is CCN1CCC(n2cc(Nc3nc(N4CCC[C@@H](NC(=O)c5ccc(C6CC6)cc5)[C@H]4C)cnc3C(N)=O)cn2)CC1. The molecule has 2 atom stereocenters. The fraction of sp³-hybridized carbons (Fsp3) is 0.516. The van der Waals surface area contributed by atoms with Crippen molar-refractivity contribution >= 4 is 29.1 Å². The maximum absolute atomic E-state index is 13.1. The van der Waals surface area contributed by atoms with Gasteiger partial charge >= 0.3 is 0 Å². The zero-order chi connectivity index (χ0) is 29.2. The standard InChI is InChI=1S/C31H41N9O2/c1-3-38-15-12-25(13-16-38)40-19-24(17-34-40)35-30-28(29(32)41)33-18-27(37-30)39-14-4-5-26(20(39)2)36-31(42)23-10-8-22(9-11-23)21-6-7-21/h8-11,17-21,25-26H,3-7,12-16H2,1-2H3,(H2,32,41)(H,35,37)(H,36,42)/t20-,26-/m1/s1. The molecule has 11 heteroatoms. The van der Waals surface area contributed by atoms with Crippen molar-refractivity contribution < 1.29 is 9.59 Å². The number of benzene rings is 1. The van der Waals surface area contributed by atoms with E-state index in [0.717, 1.165) is 57.5 Å². The van der Waals surface area contributed by atoms with E-state index in [2.05, 4.69) is 56.5 Å². The predicted octanol–water partition coefficient (Wildman–Crippen LogP) is 3.84. The number of carbonyl (C=O) groups excluding carboxylic acids is 2. The van der Waals surface area contributed by atoms with Gasteiger partial charge in [-0.15, -0.1) is 0 Å². The Hall–Kier alpha value is -3.99. The lowest BCUT2D eigenvalue weighted by Crippen LogP contribution is -2.54. The van der Waals surface area contributed by atoms with Gasteiger partial charge in [-0.3, -0.25) is 14.3 Å². The van der Waals surface area contributed by atoms with Gasteiger partial charge in [0.15, 0.2) is 11.5 Å². The van der Waals surface area contributed by atoms with Crippen molar-refractivity contribution in [3.05, 3.63) is 59.7 Å². The molecule has 3 aromatic rings. The predicted molar refractivity (Wildman–Crippen MR) is 162 cm³/mol. The van der Waals surface area contributed by atoms with Gasteiger partial charge in [0.2, 0.25) is 0 Å². The van der Waals surface area contributed by atoms with Gasteiger partial charge in [-0.05, 0) is 75.6 Å². The number of rotatable bonds is 9. The van der Waals surface area contributed by atoms with Crippen LogP contribution in [0.25, 0.3) is 0 Å². The van der Waals surface area contributed by atoms with Crippen LogP contribution >= 0.6 is 0 Å². The second-order valence-electron chi connectivity index (χ2n) is 11.8. The van der Waals surface area contributed by atoms with Crippen LogP contribution < -0.4 is 21.3 Å². The summed E-state index contributed by atoms with van der Waals surface area (Å²) < 4.78 is 2.00. The first-order chi connectivity index (χ1) is 20.4. The molecule has 1 aromatic carbocycles. The summed E-state index contributed by atoms with van der Waals surface area (Å²) in [6, 6.07) is 8.27. The molecule has 2 amide bonds. The normalized spacial score (nSPS) is 21.7.